The number of anilines is 1. The smallest absolute Gasteiger partial charge is 0.255 e. The van der Waals surface area contributed by atoms with E-state index in [2.05, 4.69) is 10.3 Å². The van der Waals surface area contributed by atoms with Gasteiger partial charge in [0.15, 0.2) is 5.96 Å². The van der Waals surface area contributed by atoms with Gasteiger partial charge in [-0.1, -0.05) is 37.6 Å². The molecule has 0 aliphatic carbocycles. The fourth-order valence-corrected chi connectivity index (χ4v) is 4.99. The Labute approximate surface area is 278 Å². The molecule has 12 heteroatoms. The fraction of sp³-hybridized carbons (Fsp3) is 0.200. The molecule has 47 heavy (non-hydrogen) atoms. The number of fused-ring (bicyclic) bond motifs is 1. The van der Waals surface area contributed by atoms with Crippen LogP contribution in [0.3, 0.4) is 0 Å². The van der Waals surface area contributed by atoms with Gasteiger partial charge in [0.2, 0.25) is 5.91 Å². The first-order chi connectivity index (χ1) is 22.7. The Bertz CT molecular complexity index is 1850. The summed E-state index contributed by atoms with van der Waals surface area (Å²) >= 11 is 6.02. The average molecular weight is 656 g/mol. The molecule has 0 aliphatic heterocycles. The number of aliphatic imine (C=N–C) groups is 1. The molecule has 0 unspecified atom stereocenters. The lowest BCUT2D eigenvalue weighted by Crippen LogP contribution is -2.27. The molecule has 244 valence electrons. The van der Waals surface area contributed by atoms with E-state index in [0.717, 1.165) is 0 Å². The Morgan fingerprint density at radius 3 is 2.28 bits per heavy atom. The van der Waals surface area contributed by atoms with Gasteiger partial charge in [-0.15, -0.1) is 0 Å². The molecule has 0 fully saturated rings. The normalized spacial score (nSPS) is 11.1. The van der Waals surface area contributed by atoms with Crippen LogP contribution in [0.4, 0.5) is 5.69 Å². The zero-order valence-corrected chi connectivity index (χ0v) is 27.2. The standard InChI is InChI=1S/C33H32ClN7O4.C2H6/c1-44-24-14-10-23(11-15-24)39-32(43)21-7-16-28-27(19-21)40-31(41(28)29(30(35)42)6-3-17-38-33(36)37)20-4-2-5-26(18-20)45-25-12-8-22(34)9-13-25;1-2/h2,4-5,7-16,18-19,29H,3,6,17H2,1H3,(H2,35,42)(H,39,43)(H4,36,37,38);1-2H3/t29-;/m1./s1. The number of ether oxygens (including phenoxy) is 2. The number of primary amides is 1. The first-order valence-corrected chi connectivity index (χ1v) is 15.5. The highest BCUT2D eigenvalue weighted by Gasteiger charge is 2.25. The van der Waals surface area contributed by atoms with Crippen LogP contribution in [0.15, 0.2) is 96.0 Å². The number of methoxy groups -OCH3 is 1. The van der Waals surface area contributed by atoms with Crippen LogP contribution in [0.2, 0.25) is 5.02 Å². The first-order valence-electron chi connectivity index (χ1n) is 15.1. The lowest BCUT2D eigenvalue weighted by atomic mass is 10.1. The molecule has 0 saturated heterocycles. The summed E-state index contributed by atoms with van der Waals surface area (Å²) in [6, 6.07) is 25.7. The molecule has 4 aromatic carbocycles. The molecule has 5 aromatic rings. The van der Waals surface area contributed by atoms with Crippen molar-refractivity contribution < 1.29 is 19.1 Å². The van der Waals surface area contributed by atoms with Gasteiger partial charge in [0.25, 0.3) is 5.91 Å². The molecule has 0 saturated carbocycles. The second kappa shape index (κ2) is 16.1. The molecule has 1 heterocycles. The maximum Gasteiger partial charge on any atom is 0.255 e. The van der Waals surface area contributed by atoms with E-state index in [-0.39, 0.29) is 11.9 Å². The van der Waals surface area contributed by atoms with E-state index in [1.54, 1.807) is 78.4 Å². The van der Waals surface area contributed by atoms with E-state index < -0.39 is 11.9 Å². The van der Waals surface area contributed by atoms with E-state index in [4.69, 9.17) is 43.3 Å². The van der Waals surface area contributed by atoms with Crippen molar-refractivity contribution in [2.24, 2.45) is 22.2 Å². The number of carbonyl (C=O) groups excluding carboxylic acids is 2. The van der Waals surface area contributed by atoms with E-state index in [9.17, 15) is 9.59 Å². The summed E-state index contributed by atoms with van der Waals surface area (Å²) < 4.78 is 13.0. The van der Waals surface area contributed by atoms with E-state index in [1.165, 1.54) is 0 Å². The van der Waals surface area contributed by atoms with Gasteiger partial charge in [0.1, 0.15) is 29.1 Å². The van der Waals surface area contributed by atoms with E-state index >= 15 is 0 Å². The number of aromatic nitrogens is 2. The minimum Gasteiger partial charge on any atom is -0.497 e. The summed E-state index contributed by atoms with van der Waals surface area (Å²) in [5.41, 5.74) is 19.7. The van der Waals surface area contributed by atoms with Crippen LogP contribution in [-0.2, 0) is 4.79 Å². The molecule has 0 bridgehead atoms. The van der Waals surface area contributed by atoms with Crippen LogP contribution < -0.4 is 32.0 Å². The third-order valence-corrected chi connectivity index (χ3v) is 7.26. The molecule has 1 aromatic heterocycles. The summed E-state index contributed by atoms with van der Waals surface area (Å²) in [5.74, 6) is 1.42. The third-order valence-electron chi connectivity index (χ3n) is 7.01. The molecule has 1 atom stereocenters. The Morgan fingerprint density at radius 2 is 1.62 bits per heavy atom. The van der Waals surface area contributed by atoms with Crippen LogP contribution in [-0.4, -0.2) is 41.0 Å². The van der Waals surface area contributed by atoms with Crippen LogP contribution in [0.25, 0.3) is 22.4 Å². The number of nitrogens with two attached hydrogens (primary N) is 3. The van der Waals surface area contributed by atoms with Crippen LogP contribution >= 0.6 is 11.6 Å². The van der Waals surface area contributed by atoms with Crippen LogP contribution in [0.5, 0.6) is 17.2 Å². The zero-order valence-electron chi connectivity index (χ0n) is 26.4. The van der Waals surface area contributed by atoms with Gasteiger partial charge in [0, 0.05) is 28.4 Å². The first kappa shape index (κ1) is 34.3. The van der Waals surface area contributed by atoms with Crippen LogP contribution in [0, 0.1) is 0 Å². The second-order valence-electron chi connectivity index (χ2n) is 10.1. The van der Waals surface area contributed by atoms with Crippen molar-refractivity contribution >= 4 is 46.1 Å². The van der Waals surface area contributed by atoms with Gasteiger partial charge in [-0.05, 0) is 91.7 Å². The molecule has 0 spiro atoms. The van der Waals surface area contributed by atoms with Gasteiger partial charge < -0.3 is 36.6 Å². The van der Waals surface area contributed by atoms with Crippen molar-refractivity contribution in [2.75, 3.05) is 19.0 Å². The molecule has 2 amide bonds. The second-order valence-corrected chi connectivity index (χ2v) is 10.6. The molecule has 7 N–H and O–H groups in total. The Hall–Kier alpha value is -5.55. The van der Waals surface area contributed by atoms with Gasteiger partial charge in [0.05, 0.1) is 18.1 Å². The Kier molecular flexibility index (Phi) is 11.8. The van der Waals surface area contributed by atoms with Gasteiger partial charge in [-0.3, -0.25) is 14.6 Å². The maximum atomic E-state index is 13.2. The number of benzene rings is 4. The number of halogens is 1. The SMILES string of the molecule is CC.COc1ccc(NC(=O)c2ccc3c(c2)nc(-c2cccc(Oc4ccc(Cl)cc4)c2)n3[C@H](CCCN=C(N)N)C(N)=O)cc1. The quantitative estimate of drug-likeness (QED) is 0.0673. The Balaban J connectivity index is 0.00000245. The maximum absolute atomic E-state index is 13.2. The number of rotatable bonds is 12. The van der Waals surface area contributed by atoms with Crippen molar-refractivity contribution in [2.45, 2.75) is 32.7 Å². The van der Waals surface area contributed by atoms with Crippen molar-refractivity contribution in [1.82, 2.24) is 9.55 Å². The average Bonchev–Trinajstić information content (AvgIpc) is 3.45. The van der Waals surface area contributed by atoms with Crippen molar-refractivity contribution in [3.05, 3.63) is 102 Å². The molecule has 0 aliphatic rings. The van der Waals surface area contributed by atoms with Crippen molar-refractivity contribution in [3.8, 4) is 28.6 Å². The number of imidazole rings is 1. The number of hydrogen-bond acceptors (Lipinski definition) is 6. The number of guanidine groups is 1. The summed E-state index contributed by atoms with van der Waals surface area (Å²) in [5, 5.41) is 3.48. The largest absolute Gasteiger partial charge is 0.497 e. The summed E-state index contributed by atoms with van der Waals surface area (Å²) in [4.78, 5) is 35.0. The highest BCUT2D eigenvalue weighted by Crippen LogP contribution is 2.34. The molecular formula is C35H38ClN7O4. The highest BCUT2D eigenvalue weighted by atomic mass is 35.5. The third kappa shape index (κ3) is 8.80. The number of hydrogen-bond donors (Lipinski definition) is 4. The lowest BCUT2D eigenvalue weighted by molar-refractivity contribution is -0.121. The molecule has 11 nitrogen and oxygen atoms in total. The van der Waals surface area contributed by atoms with E-state index in [1.807, 2.05) is 38.1 Å². The summed E-state index contributed by atoms with van der Waals surface area (Å²) in [6.45, 7) is 4.33. The van der Waals surface area contributed by atoms with Gasteiger partial charge >= 0.3 is 0 Å². The summed E-state index contributed by atoms with van der Waals surface area (Å²) in [7, 11) is 1.58. The topological polar surface area (TPSA) is 173 Å². The molecule has 0 radical (unpaired) electrons. The monoisotopic (exact) mass is 655 g/mol. The van der Waals surface area contributed by atoms with Crippen molar-refractivity contribution in [1.29, 1.82) is 0 Å². The predicted octanol–water partition coefficient (Wildman–Crippen LogP) is 6.52. The number of amides is 2. The van der Waals surface area contributed by atoms with Gasteiger partial charge in [-0.25, -0.2) is 4.98 Å². The van der Waals surface area contributed by atoms with Crippen LogP contribution in [0.1, 0.15) is 43.1 Å². The van der Waals surface area contributed by atoms with Crippen molar-refractivity contribution in [3.63, 3.8) is 0 Å². The van der Waals surface area contributed by atoms with Gasteiger partial charge in [-0.2, -0.15) is 0 Å². The minimum absolute atomic E-state index is 0.0302. The molecular weight excluding hydrogens is 618 g/mol. The predicted molar refractivity (Wildman–Crippen MR) is 187 cm³/mol. The number of carbonyl (C=O) groups is 2. The number of nitrogens with one attached hydrogen (secondary N) is 1. The fourth-order valence-electron chi connectivity index (χ4n) is 4.87. The lowest BCUT2D eigenvalue weighted by Gasteiger charge is -2.19. The zero-order chi connectivity index (χ0) is 33.9. The number of nitrogens with zero attached hydrogens (tertiary/aromatic N) is 3. The molecule has 5 rings (SSSR count). The van der Waals surface area contributed by atoms with E-state index in [0.29, 0.717) is 75.3 Å². The summed E-state index contributed by atoms with van der Waals surface area (Å²) in [6.07, 6.45) is 0.845. The Morgan fingerprint density at radius 1 is 0.915 bits per heavy atom. The highest BCUT2D eigenvalue weighted by molar-refractivity contribution is 6.30. The minimum atomic E-state index is -0.779.